The molecule has 0 N–H and O–H groups in total. The highest BCUT2D eigenvalue weighted by atomic mass is 16.5. The molecular formula is C12H17NO2. The third-order valence-corrected chi connectivity index (χ3v) is 2.00. The molecule has 15 heavy (non-hydrogen) atoms. The van der Waals surface area contributed by atoms with Crippen molar-refractivity contribution in [2.75, 3.05) is 13.2 Å². The quantitative estimate of drug-likeness (QED) is 0.642. The van der Waals surface area contributed by atoms with E-state index >= 15 is 0 Å². The molecule has 1 aromatic rings. The van der Waals surface area contributed by atoms with Gasteiger partial charge in [0.2, 0.25) is 0 Å². The molecule has 0 radical (unpaired) electrons. The summed E-state index contributed by atoms with van der Waals surface area (Å²) in [6.07, 6.45) is 3.91. The van der Waals surface area contributed by atoms with Crippen molar-refractivity contribution in [3.05, 3.63) is 30.1 Å². The first kappa shape index (κ1) is 11.9. The van der Waals surface area contributed by atoms with Crippen LogP contribution in [0.2, 0.25) is 0 Å². The Morgan fingerprint density at radius 3 is 3.00 bits per heavy atom. The summed E-state index contributed by atoms with van der Waals surface area (Å²) in [5.41, 5.74) is 0.960. The Bertz CT molecular complexity index is 285. The van der Waals surface area contributed by atoms with Gasteiger partial charge in [-0.15, -0.1) is 0 Å². The number of nitrogens with zero attached hydrogens (tertiary/aromatic N) is 1. The lowest BCUT2D eigenvalue weighted by Crippen LogP contribution is -2.10. The van der Waals surface area contributed by atoms with E-state index < -0.39 is 0 Å². The van der Waals surface area contributed by atoms with Crippen molar-refractivity contribution >= 4 is 5.78 Å². The lowest BCUT2D eigenvalue weighted by molar-refractivity contribution is -0.123. The lowest BCUT2D eigenvalue weighted by atomic mass is 10.2. The van der Waals surface area contributed by atoms with E-state index in [0.29, 0.717) is 19.4 Å². The fourth-order valence-electron chi connectivity index (χ4n) is 1.22. The molecule has 0 unspecified atom stereocenters. The molecule has 3 heteroatoms. The van der Waals surface area contributed by atoms with E-state index in [4.69, 9.17) is 4.74 Å². The van der Waals surface area contributed by atoms with Crippen molar-refractivity contribution in [1.82, 2.24) is 4.98 Å². The largest absolute Gasteiger partial charge is 0.374 e. The zero-order valence-electron chi connectivity index (χ0n) is 9.11. The minimum Gasteiger partial charge on any atom is -0.374 e. The van der Waals surface area contributed by atoms with Gasteiger partial charge in [0.1, 0.15) is 6.61 Å². The molecule has 1 rings (SSSR count). The summed E-state index contributed by atoms with van der Waals surface area (Å²) in [6, 6.07) is 5.73. The number of pyridine rings is 1. The molecule has 0 atom stereocenters. The van der Waals surface area contributed by atoms with E-state index in [1.54, 1.807) is 6.20 Å². The van der Waals surface area contributed by atoms with E-state index in [1.165, 1.54) is 0 Å². The molecular weight excluding hydrogens is 190 g/mol. The molecule has 1 aromatic heterocycles. The number of ether oxygens (including phenoxy) is 1. The lowest BCUT2D eigenvalue weighted by Gasteiger charge is -2.01. The first-order valence-corrected chi connectivity index (χ1v) is 5.32. The molecule has 0 aliphatic carbocycles. The van der Waals surface area contributed by atoms with Crippen LogP contribution < -0.4 is 0 Å². The van der Waals surface area contributed by atoms with E-state index in [9.17, 15) is 4.79 Å². The van der Waals surface area contributed by atoms with Crippen LogP contribution in [0.25, 0.3) is 0 Å². The number of hydrogen-bond acceptors (Lipinski definition) is 3. The van der Waals surface area contributed by atoms with Crippen LogP contribution in [0.5, 0.6) is 0 Å². The van der Waals surface area contributed by atoms with Crippen molar-refractivity contribution in [3.8, 4) is 0 Å². The van der Waals surface area contributed by atoms with Crippen molar-refractivity contribution in [2.24, 2.45) is 0 Å². The van der Waals surface area contributed by atoms with Gasteiger partial charge in [-0.05, 0) is 25.0 Å². The normalized spacial score (nSPS) is 10.2. The molecule has 0 aliphatic rings. The second-order valence-electron chi connectivity index (χ2n) is 3.41. The summed E-state index contributed by atoms with van der Waals surface area (Å²) in [4.78, 5) is 15.5. The molecule has 3 nitrogen and oxygen atoms in total. The molecule has 82 valence electrons. The average molecular weight is 207 g/mol. The van der Waals surface area contributed by atoms with Crippen LogP contribution in [-0.4, -0.2) is 24.0 Å². The molecule has 0 aromatic carbocycles. The number of aromatic nitrogens is 1. The van der Waals surface area contributed by atoms with Crippen molar-refractivity contribution in [3.63, 3.8) is 0 Å². The number of aryl methyl sites for hydroxylation is 1. The minimum absolute atomic E-state index is 0.147. The van der Waals surface area contributed by atoms with Crippen LogP contribution in [0.15, 0.2) is 24.4 Å². The molecule has 0 aliphatic heterocycles. The minimum atomic E-state index is 0.147. The number of hydrogen-bond donors (Lipinski definition) is 0. The average Bonchev–Trinajstić information content (AvgIpc) is 2.28. The summed E-state index contributed by atoms with van der Waals surface area (Å²) >= 11 is 0. The molecule has 0 fully saturated rings. The summed E-state index contributed by atoms with van der Waals surface area (Å²) in [5.74, 6) is 0.147. The predicted molar refractivity (Wildman–Crippen MR) is 58.7 cm³/mol. The Morgan fingerprint density at radius 2 is 2.33 bits per heavy atom. The third kappa shape index (κ3) is 5.27. The summed E-state index contributed by atoms with van der Waals surface area (Å²) in [6.45, 7) is 2.92. The van der Waals surface area contributed by atoms with Gasteiger partial charge in [-0.2, -0.15) is 0 Å². The van der Waals surface area contributed by atoms with Crippen LogP contribution >= 0.6 is 0 Å². The van der Waals surface area contributed by atoms with Gasteiger partial charge in [0, 0.05) is 24.9 Å². The van der Waals surface area contributed by atoms with Crippen molar-refractivity contribution in [1.29, 1.82) is 0 Å². The van der Waals surface area contributed by atoms with Crippen LogP contribution in [0.4, 0.5) is 0 Å². The maximum absolute atomic E-state index is 11.3. The van der Waals surface area contributed by atoms with Crippen LogP contribution in [0.1, 0.15) is 25.5 Å². The molecule has 0 saturated carbocycles. The number of ketones is 1. The van der Waals surface area contributed by atoms with Gasteiger partial charge in [0.15, 0.2) is 5.78 Å². The summed E-state index contributed by atoms with van der Waals surface area (Å²) < 4.78 is 5.16. The number of carbonyl (C=O) groups is 1. The van der Waals surface area contributed by atoms with Crippen molar-refractivity contribution in [2.45, 2.75) is 26.2 Å². The van der Waals surface area contributed by atoms with Crippen LogP contribution in [0, 0.1) is 0 Å². The Kier molecular flexibility index (Phi) is 5.63. The van der Waals surface area contributed by atoms with Gasteiger partial charge in [-0.1, -0.05) is 13.0 Å². The monoisotopic (exact) mass is 207 g/mol. The Balaban J connectivity index is 2.17. The van der Waals surface area contributed by atoms with Gasteiger partial charge in [0.05, 0.1) is 0 Å². The highest BCUT2D eigenvalue weighted by Gasteiger charge is 2.02. The molecule has 0 saturated heterocycles. The van der Waals surface area contributed by atoms with Gasteiger partial charge in [-0.3, -0.25) is 9.78 Å². The Hall–Kier alpha value is -1.22. The smallest absolute Gasteiger partial charge is 0.158 e. The topological polar surface area (TPSA) is 39.2 Å². The summed E-state index contributed by atoms with van der Waals surface area (Å²) in [5, 5.41) is 0. The van der Waals surface area contributed by atoms with E-state index in [0.717, 1.165) is 12.1 Å². The first-order chi connectivity index (χ1) is 7.33. The fourth-order valence-corrected chi connectivity index (χ4v) is 1.22. The molecule has 0 spiro atoms. The van der Waals surface area contributed by atoms with Gasteiger partial charge in [-0.25, -0.2) is 0 Å². The highest BCUT2D eigenvalue weighted by molar-refractivity contribution is 5.79. The van der Waals surface area contributed by atoms with E-state index in [-0.39, 0.29) is 12.4 Å². The Labute approximate surface area is 90.5 Å². The second kappa shape index (κ2) is 7.12. The first-order valence-electron chi connectivity index (χ1n) is 5.32. The highest BCUT2D eigenvalue weighted by Crippen LogP contribution is 1.99. The van der Waals surface area contributed by atoms with Crippen LogP contribution in [-0.2, 0) is 16.0 Å². The molecule has 1 heterocycles. The second-order valence-corrected chi connectivity index (χ2v) is 3.41. The maximum atomic E-state index is 11.3. The van der Waals surface area contributed by atoms with Gasteiger partial charge in [0.25, 0.3) is 0 Å². The van der Waals surface area contributed by atoms with Gasteiger partial charge < -0.3 is 4.74 Å². The number of carbonyl (C=O) groups excluding carboxylic acids is 1. The molecule has 0 amide bonds. The summed E-state index contributed by atoms with van der Waals surface area (Å²) in [7, 11) is 0. The SMILES string of the molecule is CCCOCC(=O)CCc1ccccn1. The standard InChI is InChI=1S/C12H17NO2/c1-2-9-15-10-12(14)7-6-11-5-3-4-8-13-11/h3-5,8H,2,6-7,9-10H2,1H3. The fraction of sp³-hybridized carbons (Fsp3) is 0.500. The Morgan fingerprint density at radius 1 is 1.47 bits per heavy atom. The maximum Gasteiger partial charge on any atom is 0.158 e. The zero-order valence-corrected chi connectivity index (χ0v) is 9.11. The number of Topliss-reactive ketones (excluding diaryl/α,β-unsaturated/α-hetero) is 1. The van der Waals surface area contributed by atoms with Gasteiger partial charge >= 0.3 is 0 Å². The van der Waals surface area contributed by atoms with E-state index in [2.05, 4.69) is 4.98 Å². The predicted octanol–water partition coefficient (Wildman–Crippen LogP) is 2.01. The van der Waals surface area contributed by atoms with Crippen molar-refractivity contribution < 1.29 is 9.53 Å². The van der Waals surface area contributed by atoms with E-state index in [1.807, 2.05) is 25.1 Å². The molecule has 0 bridgehead atoms. The number of rotatable bonds is 7. The third-order valence-electron chi connectivity index (χ3n) is 2.00. The van der Waals surface area contributed by atoms with Crippen LogP contribution in [0.3, 0.4) is 0 Å². The zero-order chi connectivity index (χ0) is 10.9.